The highest BCUT2D eigenvalue weighted by Gasteiger charge is 2.15. The number of rotatable bonds is 1. The minimum Gasteiger partial charge on any atom is -0.387 e. The molecule has 3 N–H and O–H groups in total. The molecule has 1 aliphatic heterocycles. The molecule has 0 aromatic rings. The Labute approximate surface area is 54.7 Å². The lowest BCUT2D eigenvalue weighted by Gasteiger charge is -2.20. The van der Waals surface area contributed by atoms with E-state index in [4.69, 9.17) is 15.9 Å². The van der Waals surface area contributed by atoms with Crippen molar-refractivity contribution in [3.63, 3.8) is 0 Å². The highest BCUT2D eigenvalue weighted by atomic mass is 16.5. The summed E-state index contributed by atoms with van der Waals surface area (Å²) in [6.07, 6.45) is 2.07. The first-order chi connectivity index (χ1) is 4.30. The molecule has 0 radical (unpaired) electrons. The van der Waals surface area contributed by atoms with E-state index in [0.29, 0.717) is 6.61 Å². The van der Waals surface area contributed by atoms with E-state index in [1.165, 1.54) is 0 Å². The van der Waals surface area contributed by atoms with Gasteiger partial charge in [0.2, 0.25) is 0 Å². The first-order valence-corrected chi connectivity index (χ1v) is 3.22. The van der Waals surface area contributed by atoms with Gasteiger partial charge in [0.05, 0.1) is 12.4 Å². The normalized spacial score (nSPS) is 27.8. The Morgan fingerprint density at radius 1 is 1.67 bits per heavy atom. The zero-order valence-corrected chi connectivity index (χ0v) is 5.39. The lowest BCUT2D eigenvalue weighted by Crippen LogP contribution is -2.29. The van der Waals surface area contributed by atoms with E-state index in [1.807, 2.05) is 0 Å². The third kappa shape index (κ3) is 1.68. The smallest absolute Gasteiger partial charge is 0.0960 e. The van der Waals surface area contributed by atoms with Crippen molar-refractivity contribution in [2.45, 2.75) is 12.8 Å². The summed E-state index contributed by atoms with van der Waals surface area (Å²) in [4.78, 5) is 0. The molecule has 9 heavy (non-hydrogen) atoms. The van der Waals surface area contributed by atoms with E-state index < -0.39 is 0 Å². The molecule has 1 atom stereocenters. The summed E-state index contributed by atoms with van der Waals surface area (Å²) in [5, 5.41) is 7.09. The minimum absolute atomic E-state index is 0.193. The monoisotopic (exact) mass is 128 g/mol. The van der Waals surface area contributed by atoms with Gasteiger partial charge >= 0.3 is 0 Å². The predicted molar refractivity (Wildman–Crippen MR) is 35.5 cm³/mol. The summed E-state index contributed by atoms with van der Waals surface area (Å²) in [5.74, 6) is 0.466. The van der Waals surface area contributed by atoms with Crippen LogP contribution in [0.4, 0.5) is 0 Å². The Bertz CT molecular complexity index is 108. The van der Waals surface area contributed by atoms with Gasteiger partial charge in [-0.05, 0) is 12.8 Å². The summed E-state index contributed by atoms with van der Waals surface area (Å²) >= 11 is 0. The fraction of sp³-hybridized carbons (Fsp3) is 0.833. The molecule has 1 fully saturated rings. The minimum atomic E-state index is 0.193. The Kier molecular flexibility index (Phi) is 2.05. The van der Waals surface area contributed by atoms with Gasteiger partial charge in [0.15, 0.2) is 0 Å². The van der Waals surface area contributed by atoms with E-state index in [9.17, 15) is 0 Å². The van der Waals surface area contributed by atoms with Crippen LogP contribution in [-0.2, 0) is 4.74 Å². The molecule has 0 saturated carbocycles. The van der Waals surface area contributed by atoms with Gasteiger partial charge < -0.3 is 10.5 Å². The molecule has 0 aromatic carbocycles. The molecule has 1 unspecified atom stereocenters. The SMILES string of the molecule is N=C(N)C1CCCOC1. The van der Waals surface area contributed by atoms with Crippen LogP contribution in [0.1, 0.15) is 12.8 Å². The summed E-state index contributed by atoms with van der Waals surface area (Å²) in [5.41, 5.74) is 5.27. The first kappa shape index (κ1) is 6.55. The highest BCUT2D eigenvalue weighted by Crippen LogP contribution is 2.11. The molecule has 0 bridgehead atoms. The summed E-state index contributed by atoms with van der Waals surface area (Å²) in [6, 6.07) is 0. The van der Waals surface area contributed by atoms with Gasteiger partial charge in [-0.1, -0.05) is 0 Å². The van der Waals surface area contributed by atoms with E-state index in [2.05, 4.69) is 0 Å². The van der Waals surface area contributed by atoms with Gasteiger partial charge in [0.25, 0.3) is 0 Å². The lowest BCUT2D eigenvalue weighted by molar-refractivity contribution is 0.0763. The average Bonchev–Trinajstić information content (AvgIpc) is 1.90. The zero-order chi connectivity index (χ0) is 6.69. The van der Waals surface area contributed by atoms with Crippen LogP contribution >= 0.6 is 0 Å². The molecule has 3 heteroatoms. The van der Waals surface area contributed by atoms with Crippen molar-refractivity contribution in [1.29, 1.82) is 5.41 Å². The van der Waals surface area contributed by atoms with Gasteiger partial charge in [-0.3, -0.25) is 5.41 Å². The van der Waals surface area contributed by atoms with E-state index >= 15 is 0 Å². The third-order valence-electron chi connectivity index (χ3n) is 1.60. The maximum Gasteiger partial charge on any atom is 0.0960 e. The van der Waals surface area contributed by atoms with Gasteiger partial charge in [0.1, 0.15) is 0 Å². The first-order valence-electron chi connectivity index (χ1n) is 3.22. The van der Waals surface area contributed by atoms with Crippen LogP contribution in [0.25, 0.3) is 0 Å². The number of hydrogen-bond donors (Lipinski definition) is 2. The molecule has 1 aliphatic rings. The Balaban J connectivity index is 2.31. The Morgan fingerprint density at radius 2 is 2.44 bits per heavy atom. The topological polar surface area (TPSA) is 59.1 Å². The second-order valence-corrected chi connectivity index (χ2v) is 2.37. The summed E-state index contributed by atoms with van der Waals surface area (Å²) < 4.78 is 5.12. The summed E-state index contributed by atoms with van der Waals surface area (Å²) in [6.45, 7) is 1.49. The predicted octanol–water partition coefficient (Wildman–Crippen LogP) is 0.349. The maximum atomic E-state index is 7.09. The van der Waals surface area contributed by atoms with Crippen LogP contribution in [0.5, 0.6) is 0 Å². The summed E-state index contributed by atoms with van der Waals surface area (Å²) in [7, 11) is 0. The lowest BCUT2D eigenvalue weighted by atomic mass is 10.0. The third-order valence-corrected chi connectivity index (χ3v) is 1.60. The van der Waals surface area contributed by atoms with Crippen molar-refractivity contribution in [2.75, 3.05) is 13.2 Å². The zero-order valence-electron chi connectivity index (χ0n) is 5.39. The average molecular weight is 128 g/mol. The fourth-order valence-electron chi connectivity index (χ4n) is 0.986. The number of hydrogen-bond acceptors (Lipinski definition) is 2. The molecule has 1 heterocycles. The maximum absolute atomic E-state index is 7.09. The highest BCUT2D eigenvalue weighted by molar-refractivity contribution is 5.79. The van der Waals surface area contributed by atoms with E-state index in [1.54, 1.807) is 0 Å². The molecule has 3 nitrogen and oxygen atoms in total. The molecule has 1 saturated heterocycles. The fourth-order valence-corrected chi connectivity index (χ4v) is 0.986. The standard InChI is InChI=1S/C6H12N2O/c7-6(8)5-2-1-3-9-4-5/h5H,1-4H2,(H3,7,8). The molecule has 1 rings (SSSR count). The van der Waals surface area contributed by atoms with Crippen molar-refractivity contribution < 1.29 is 4.74 Å². The molecule has 0 aliphatic carbocycles. The Hall–Kier alpha value is -0.570. The second kappa shape index (κ2) is 2.82. The van der Waals surface area contributed by atoms with Crippen LogP contribution in [0.2, 0.25) is 0 Å². The van der Waals surface area contributed by atoms with Crippen molar-refractivity contribution in [1.82, 2.24) is 0 Å². The van der Waals surface area contributed by atoms with Crippen LogP contribution < -0.4 is 5.73 Å². The quantitative estimate of drug-likeness (QED) is 0.395. The number of nitrogens with two attached hydrogens (primary N) is 1. The van der Waals surface area contributed by atoms with Crippen LogP contribution in [0.15, 0.2) is 0 Å². The number of nitrogens with one attached hydrogen (secondary N) is 1. The molecular formula is C6H12N2O. The van der Waals surface area contributed by atoms with Crippen molar-refractivity contribution in [3.8, 4) is 0 Å². The van der Waals surface area contributed by atoms with Crippen LogP contribution in [0, 0.1) is 11.3 Å². The second-order valence-electron chi connectivity index (χ2n) is 2.37. The molecule has 0 aromatic heterocycles. The number of amidine groups is 1. The van der Waals surface area contributed by atoms with Gasteiger partial charge in [0, 0.05) is 12.5 Å². The molecule has 52 valence electrons. The van der Waals surface area contributed by atoms with E-state index in [0.717, 1.165) is 19.4 Å². The van der Waals surface area contributed by atoms with Gasteiger partial charge in [-0.2, -0.15) is 0 Å². The van der Waals surface area contributed by atoms with Crippen LogP contribution in [-0.4, -0.2) is 19.0 Å². The largest absolute Gasteiger partial charge is 0.387 e. The molecular weight excluding hydrogens is 116 g/mol. The van der Waals surface area contributed by atoms with Gasteiger partial charge in [-0.25, -0.2) is 0 Å². The van der Waals surface area contributed by atoms with Crippen molar-refractivity contribution >= 4 is 5.84 Å². The van der Waals surface area contributed by atoms with Crippen LogP contribution in [0.3, 0.4) is 0 Å². The van der Waals surface area contributed by atoms with Crippen molar-refractivity contribution in [2.24, 2.45) is 11.7 Å². The van der Waals surface area contributed by atoms with Crippen molar-refractivity contribution in [3.05, 3.63) is 0 Å². The Morgan fingerprint density at radius 3 is 2.78 bits per heavy atom. The molecule has 0 amide bonds. The van der Waals surface area contributed by atoms with E-state index in [-0.39, 0.29) is 11.8 Å². The van der Waals surface area contributed by atoms with Gasteiger partial charge in [-0.15, -0.1) is 0 Å². The number of ether oxygens (including phenoxy) is 1. The molecule has 0 spiro atoms.